The minimum absolute atomic E-state index is 0.360. The van der Waals surface area contributed by atoms with Crippen molar-refractivity contribution >= 4 is 55.6 Å². The molecule has 0 radical (unpaired) electrons. The van der Waals surface area contributed by atoms with Gasteiger partial charge in [0.25, 0.3) is 0 Å². The molecule has 33 heavy (non-hydrogen) atoms. The number of amides is 2. The Kier molecular flexibility index (Phi) is 9.03. The van der Waals surface area contributed by atoms with Gasteiger partial charge in [-0.2, -0.15) is 5.10 Å². The van der Waals surface area contributed by atoms with Gasteiger partial charge in [0, 0.05) is 16.2 Å². The van der Waals surface area contributed by atoms with Crippen molar-refractivity contribution in [1.29, 1.82) is 0 Å². The zero-order valence-electron chi connectivity index (χ0n) is 17.7. The fourth-order valence-electron chi connectivity index (χ4n) is 2.73. The molecule has 0 aliphatic heterocycles. The van der Waals surface area contributed by atoms with Crippen molar-refractivity contribution in [2.75, 3.05) is 12.4 Å². The van der Waals surface area contributed by atoms with Crippen LogP contribution in [-0.4, -0.2) is 25.1 Å². The molecule has 9 heteroatoms. The molecule has 0 aliphatic carbocycles. The van der Waals surface area contributed by atoms with Crippen molar-refractivity contribution in [2.24, 2.45) is 5.10 Å². The van der Waals surface area contributed by atoms with Crippen LogP contribution in [0.25, 0.3) is 0 Å². The first-order valence-corrected chi connectivity index (χ1v) is 11.4. The highest BCUT2D eigenvalue weighted by Gasteiger charge is 2.09. The Hall–Kier alpha value is -3.17. The SMILES string of the molecule is COc1cccc(NC(=O)CC(=O)NN=Cc2ccc(OCc3ccc(Br)cc3)c(Br)c2)c1. The molecule has 2 N–H and O–H groups in total. The molecule has 3 rings (SSSR count). The van der Waals surface area contributed by atoms with Gasteiger partial charge in [-0.3, -0.25) is 9.59 Å². The van der Waals surface area contributed by atoms with E-state index in [1.54, 1.807) is 24.3 Å². The van der Waals surface area contributed by atoms with Crippen LogP contribution in [0.2, 0.25) is 0 Å². The van der Waals surface area contributed by atoms with E-state index in [-0.39, 0.29) is 6.42 Å². The maximum atomic E-state index is 12.0. The molecular formula is C24H21Br2N3O4. The Morgan fingerprint density at radius 2 is 1.79 bits per heavy atom. The second kappa shape index (κ2) is 12.2. The molecule has 170 valence electrons. The van der Waals surface area contributed by atoms with Crippen molar-refractivity contribution in [2.45, 2.75) is 13.0 Å². The Bertz CT molecular complexity index is 1150. The topological polar surface area (TPSA) is 89.0 Å². The maximum Gasteiger partial charge on any atom is 0.249 e. The Morgan fingerprint density at radius 1 is 1.00 bits per heavy atom. The number of hydrazone groups is 1. The lowest BCUT2D eigenvalue weighted by molar-refractivity contribution is -0.126. The first-order chi connectivity index (χ1) is 15.9. The van der Waals surface area contributed by atoms with Gasteiger partial charge in [-0.15, -0.1) is 0 Å². The third kappa shape index (κ3) is 8.03. The number of hydrogen-bond donors (Lipinski definition) is 2. The normalized spacial score (nSPS) is 10.6. The third-order valence-electron chi connectivity index (χ3n) is 4.34. The molecule has 0 spiro atoms. The number of ether oxygens (including phenoxy) is 2. The van der Waals surface area contributed by atoms with E-state index in [0.29, 0.717) is 23.8 Å². The zero-order chi connectivity index (χ0) is 23.6. The van der Waals surface area contributed by atoms with Gasteiger partial charge >= 0.3 is 0 Å². The van der Waals surface area contributed by atoms with Crippen LogP contribution >= 0.6 is 31.9 Å². The molecule has 0 aliphatic rings. The van der Waals surface area contributed by atoms with E-state index in [2.05, 4.69) is 47.7 Å². The molecule has 0 aromatic heterocycles. The molecule has 0 saturated carbocycles. The fourth-order valence-corrected chi connectivity index (χ4v) is 3.50. The lowest BCUT2D eigenvalue weighted by Gasteiger charge is -2.09. The molecule has 2 amide bonds. The van der Waals surface area contributed by atoms with Crippen LogP contribution in [0.1, 0.15) is 17.5 Å². The predicted molar refractivity (Wildman–Crippen MR) is 135 cm³/mol. The lowest BCUT2D eigenvalue weighted by Crippen LogP contribution is -2.24. The van der Waals surface area contributed by atoms with Crippen molar-refractivity contribution in [3.63, 3.8) is 0 Å². The molecule has 0 unspecified atom stereocenters. The van der Waals surface area contributed by atoms with E-state index < -0.39 is 11.8 Å². The number of methoxy groups -OCH3 is 1. The molecule has 7 nitrogen and oxygen atoms in total. The first-order valence-electron chi connectivity index (χ1n) is 9.85. The van der Waals surface area contributed by atoms with Crippen LogP contribution in [0, 0.1) is 0 Å². The van der Waals surface area contributed by atoms with E-state index >= 15 is 0 Å². The maximum absolute atomic E-state index is 12.0. The summed E-state index contributed by atoms with van der Waals surface area (Å²) in [5, 5.41) is 6.55. The molecular weight excluding hydrogens is 554 g/mol. The number of anilines is 1. The summed E-state index contributed by atoms with van der Waals surface area (Å²) in [5.41, 5.74) is 4.69. The molecule has 0 fully saturated rings. The van der Waals surface area contributed by atoms with E-state index in [4.69, 9.17) is 9.47 Å². The Balaban J connectivity index is 1.46. The Morgan fingerprint density at radius 3 is 2.52 bits per heavy atom. The van der Waals surface area contributed by atoms with Crippen molar-refractivity contribution in [3.05, 3.63) is 86.8 Å². The summed E-state index contributed by atoms with van der Waals surface area (Å²) in [6.45, 7) is 0.438. The van der Waals surface area contributed by atoms with Gasteiger partial charge in [0.2, 0.25) is 11.8 Å². The second-order valence-electron chi connectivity index (χ2n) is 6.86. The summed E-state index contributed by atoms with van der Waals surface area (Å²) in [6, 6.07) is 20.2. The molecule has 3 aromatic carbocycles. The summed E-state index contributed by atoms with van der Waals surface area (Å²) in [5.74, 6) is 0.317. The van der Waals surface area contributed by atoms with Gasteiger partial charge in [-0.1, -0.05) is 34.1 Å². The van der Waals surface area contributed by atoms with Crippen LogP contribution in [0.4, 0.5) is 5.69 Å². The first kappa shape index (κ1) is 24.5. The van der Waals surface area contributed by atoms with Gasteiger partial charge in [0.15, 0.2) is 0 Å². The highest BCUT2D eigenvalue weighted by molar-refractivity contribution is 9.10. The number of hydrogen-bond acceptors (Lipinski definition) is 5. The van der Waals surface area contributed by atoms with E-state index in [1.165, 1.54) is 13.3 Å². The van der Waals surface area contributed by atoms with Crippen LogP contribution in [0.5, 0.6) is 11.5 Å². The van der Waals surface area contributed by atoms with Gasteiger partial charge in [-0.05, 0) is 69.5 Å². The minimum atomic E-state index is -0.528. The number of halogens is 2. The largest absolute Gasteiger partial charge is 0.497 e. The standard InChI is InChI=1S/C24H21Br2N3O4/c1-32-20-4-2-3-19(12-20)28-23(30)13-24(31)29-27-14-17-7-10-22(21(26)11-17)33-15-16-5-8-18(25)9-6-16/h2-12,14H,13,15H2,1H3,(H,28,30)(H,29,31). The number of nitrogens with one attached hydrogen (secondary N) is 2. The van der Waals surface area contributed by atoms with Crippen LogP contribution in [-0.2, 0) is 16.2 Å². The number of carbonyl (C=O) groups is 2. The number of benzene rings is 3. The van der Waals surface area contributed by atoms with Gasteiger partial charge in [0.1, 0.15) is 24.5 Å². The number of rotatable bonds is 9. The fraction of sp³-hybridized carbons (Fsp3) is 0.125. The third-order valence-corrected chi connectivity index (χ3v) is 5.49. The van der Waals surface area contributed by atoms with Gasteiger partial charge in [0.05, 0.1) is 17.8 Å². The van der Waals surface area contributed by atoms with Crippen LogP contribution in [0.3, 0.4) is 0 Å². The van der Waals surface area contributed by atoms with E-state index in [1.807, 2.05) is 42.5 Å². The minimum Gasteiger partial charge on any atom is -0.497 e. The van der Waals surface area contributed by atoms with E-state index in [0.717, 1.165) is 20.1 Å². The number of carbonyl (C=O) groups excluding carboxylic acids is 2. The average Bonchev–Trinajstić information content (AvgIpc) is 2.79. The van der Waals surface area contributed by atoms with Crippen molar-refractivity contribution in [3.8, 4) is 11.5 Å². The number of nitrogens with zero attached hydrogens (tertiary/aromatic N) is 1. The smallest absolute Gasteiger partial charge is 0.249 e. The summed E-state index contributed by atoms with van der Waals surface area (Å²) in [6.07, 6.45) is 1.13. The summed E-state index contributed by atoms with van der Waals surface area (Å²) in [7, 11) is 1.54. The van der Waals surface area contributed by atoms with Gasteiger partial charge in [-0.25, -0.2) is 5.43 Å². The van der Waals surface area contributed by atoms with Crippen molar-refractivity contribution < 1.29 is 19.1 Å². The van der Waals surface area contributed by atoms with E-state index in [9.17, 15) is 9.59 Å². The second-order valence-corrected chi connectivity index (χ2v) is 8.63. The quantitative estimate of drug-likeness (QED) is 0.207. The lowest BCUT2D eigenvalue weighted by atomic mass is 10.2. The van der Waals surface area contributed by atoms with Crippen LogP contribution < -0.4 is 20.2 Å². The molecule has 0 saturated heterocycles. The highest BCUT2D eigenvalue weighted by atomic mass is 79.9. The summed E-state index contributed by atoms with van der Waals surface area (Å²) < 4.78 is 12.7. The predicted octanol–water partition coefficient (Wildman–Crippen LogP) is 5.28. The molecule has 0 heterocycles. The van der Waals surface area contributed by atoms with Crippen LogP contribution in [0.15, 0.2) is 80.8 Å². The molecule has 0 atom stereocenters. The monoisotopic (exact) mass is 573 g/mol. The van der Waals surface area contributed by atoms with Gasteiger partial charge < -0.3 is 14.8 Å². The molecule has 3 aromatic rings. The van der Waals surface area contributed by atoms with Crippen molar-refractivity contribution in [1.82, 2.24) is 5.43 Å². The zero-order valence-corrected chi connectivity index (χ0v) is 20.9. The summed E-state index contributed by atoms with van der Waals surface area (Å²) in [4.78, 5) is 24.0. The molecule has 0 bridgehead atoms. The highest BCUT2D eigenvalue weighted by Crippen LogP contribution is 2.26. The summed E-state index contributed by atoms with van der Waals surface area (Å²) >= 11 is 6.89. The average molecular weight is 575 g/mol. The Labute approximate surface area is 208 Å².